The van der Waals surface area contributed by atoms with Gasteiger partial charge >= 0.3 is 5.97 Å². The van der Waals surface area contributed by atoms with Gasteiger partial charge in [-0.3, -0.25) is 9.59 Å². The van der Waals surface area contributed by atoms with Crippen LogP contribution in [-0.4, -0.2) is 24.0 Å². The molecule has 0 aliphatic heterocycles. The predicted molar refractivity (Wildman–Crippen MR) is 86.6 cm³/mol. The minimum absolute atomic E-state index is 0.0790. The van der Waals surface area contributed by atoms with Crippen LogP contribution in [0.3, 0.4) is 0 Å². The Labute approximate surface area is 141 Å². The molecule has 0 aliphatic rings. The first-order valence-electron chi connectivity index (χ1n) is 6.23. The van der Waals surface area contributed by atoms with Crippen molar-refractivity contribution in [2.24, 2.45) is 0 Å². The number of carbonyl (C=O) groups is 2. The molecule has 1 aromatic heterocycles. The van der Waals surface area contributed by atoms with Crippen LogP contribution in [0.1, 0.15) is 11.3 Å². The number of amides is 1. The molecule has 0 bridgehead atoms. The van der Waals surface area contributed by atoms with Crippen molar-refractivity contribution < 1.29 is 14.3 Å². The first kappa shape index (κ1) is 16.7. The number of benzene rings is 1. The molecule has 0 unspecified atom stereocenters. The second-order valence-electron chi connectivity index (χ2n) is 4.37. The summed E-state index contributed by atoms with van der Waals surface area (Å²) in [5, 5.41) is 5.66. The number of hydrogen-bond donors (Lipinski definition) is 1. The Morgan fingerprint density at radius 1 is 1.27 bits per heavy atom. The molecule has 1 N–H and O–H groups in total. The van der Waals surface area contributed by atoms with Crippen molar-refractivity contribution in [1.29, 1.82) is 0 Å². The van der Waals surface area contributed by atoms with E-state index in [1.165, 1.54) is 18.4 Å². The van der Waals surface area contributed by atoms with E-state index in [4.69, 9.17) is 23.2 Å². The van der Waals surface area contributed by atoms with Crippen LogP contribution in [0.4, 0.5) is 5.13 Å². The van der Waals surface area contributed by atoms with Gasteiger partial charge in [0, 0.05) is 5.38 Å². The standard InChI is InChI=1S/C14H12Cl2N2O3S/c1-21-13(20)6-9-7-22-14(17-9)18-12(19)5-8-2-3-10(15)11(16)4-8/h2-4,7H,5-6H2,1H3,(H,17,18,19). The molecule has 1 aromatic carbocycles. The van der Waals surface area contributed by atoms with Crippen LogP contribution >= 0.6 is 34.5 Å². The van der Waals surface area contributed by atoms with Gasteiger partial charge in [0.05, 0.1) is 35.7 Å². The summed E-state index contributed by atoms with van der Waals surface area (Å²) >= 11 is 13.0. The van der Waals surface area contributed by atoms with Crippen LogP contribution in [0.2, 0.25) is 10.0 Å². The minimum Gasteiger partial charge on any atom is -0.469 e. The summed E-state index contributed by atoms with van der Waals surface area (Å²) in [6.07, 6.45) is 0.235. The topological polar surface area (TPSA) is 68.3 Å². The average molecular weight is 359 g/mol. The summed E-state index contributed by atoms with van der Waals surface area (Å²) in [6, 6.07) is 5.02. The SMILES string of the molecule is COC(=O)Cc1csc(NC(=O)Cc2ccc(Cl)c(Cl)c2)n1. The fraction of sp³-hybridized carbons (Fsp3) is 0.214. The van der Waals surface area contributed by atoms with Gasteiger partial charge in [0.25, 0.3) is 0 Å². The molecule has 8 heteroatoms. The number of aromatic nitrogens is 1. The molecule has 1 amide bonds. The summed E-state index contributed by atoms with van der Waals surface area (Å²) in [5.74, 6) is -0.601. The summed E-state index contributed by atoms with van der Waals surface area (Å²) in [6.45, 7) is 0. The average Bonchev–Trinajstić information content (AvgIpc) is 2.89. The summed E-state index contributed by atoms with van der Waals surface area (Å²) in [5.41, 5.74) is 1.31. The highest BCUT2D eigenvalue weighted by atomic mass is 35.5. The van der Waals surface area contributed by atoms with Gasteiger partial charge in [-0.2, -0.15) is 0 Å². The molecule has 0 aliphatic carbocycles. The number of rotatable bonds is 5. The highest BCUT2D eigenvalue weighted by molar-refractivity contribution is 7.13. The molecule has 0 atom stereocenters. The second-order valence-corrected chi connectivity index (χ2v) is 6.04. The van der Waals surface area contributed by atoms with Gasteiger partial charge in [-0.25, -0.2) is 4.98 Å². The Hall–Kier alpha value is -1.63. The van der Waals surface area contributed by atoms with Crippen LogP contribution in [0.5, 0.6) is 0 Å². The number of halogens is 2. The molecule has 0 fully saturated rings. The van der Waals surface area contributed by atoms with Crippen LogP contribution in [0.25, 0.3) is 0 Å². The van der Waals surface area contributed by atoms with E-state index >= 15 is 0 Å². The lowest BCUT2D eigenvalue weighted by molar-refractivity contribution is -0.139. The summed E-state index contributed by atoms with van der Waals surface area (Å²) in [7, 11) is 1.31. The Kier molecular flexibility index (Phi) is 5.76. The van der Waals surface area contributed by atoms with Gasteiger partial charge in [-0.1, -0.05) is 29.3 Å². The van der Waals surface area contributed by atoms with Gasteiger partial charge in [0.2, 0.25) is 5.91 Å². The number of ether oxygens (including phenoxy) is 1. The lowest BCUT2D eigenvalue weighted by Gasteiger charge is -2.03. The van der Waals surface area contributed by atoms with Crippen LogP contribution in [0.15, 0.2) is 23.6 Å². The van der Waals surface area contributed by atoms with E-state index in [2.05, 4.69) is 15.0 Å². The van der Waals surface area contributed by atoms with E-state index in [1.54, 1.807) is 23.6 Å². The van der Waals surface area contributed by atoms with Crippen LogP contribution in [-0.2, 0) is 27.2 Å². The second kappa shape index (κ2) is 7.58. The smallest absolute Gasteiger partial charge is 0.311 e. The van der Waals surface area contributed by atoms with E-state index in [9.17, 15) is 9.59 Å². The molecular formula is C14H12Cl2N2O3S. The number of methoxy groups -OCH3 is 1. The highest BCUT2D eigenvalue weighted by Gasteiger charge is 2.11. The van der Waals surface area contributed by atoms with Crippen molar-refractivity contribution in [2.45, 2.75) is 12.8 Å². The third-order valence-corrected chi connectivity index (χ3v) is 4.25. The number of anilines is 1. The van der Waals surface area contributed by atoms with E-state index in [-0.39, 0.29) is 24.7 Å². The fourth-order valence-corrected chi connectivity index (χ4v) is 2.71. The molecule has 0 saturated heterocycles. The molecule has 116 valence electrons. The maximum Gasteiger partial charge on any atom is 0.311 e. The summed E-state index contributed by atoms with van der Waals surface area (Å²) < 4.78 is 4.56. The highest BCUT2D eigenvalue weighted by Crippen LogP contribution is 2.23. The largest absolute Gasteiger partial charge is 0.469 e. The van der Waals surface area contributed by atoms with Crippen molar-refractivity contribution in [1.82, 2.24) is 4.98 Å². The number of thiazole rings is 1. The zero-order valence-electron chi connectivity index (χ0n) is 11.6. The van der Waals surface area contributed by atoms with Crippen LogP contribution in [0, 0.1) is 0 Å². The molecule has 2 aromatic rings. The fourth-order valence-electron chi connectivity index (χ4n) is 1.66. The molecule has 2 rings (SSSR count). The van der Waals surface area contributed by atoms with Crippen molar-refractivity contribution in [3.63, 3.8) is 0 Å². The molecule has 0 spiro atoms. The molecule has 0 saturated carbocycles. The summed E-state index contributed by atoms with van der Waals surface area (Å²) in [4.78, 5) is 27.2. The Morgan fingerprint density at radius 3 is 2.73 bits per heavy atom. The lowest BCUT2D eigenvalue weighted by Crippen LogP contribution is -2.14. The van der Waals surface area contributed by atoms with Crippen molar-refractivity contribution in [3.05, 3.63) is 44.9 Å². The number of esters is 1. The van der Waals surface area contributed by atoms with Crippen molar-refractivity contribution in [3.8, 4) is 0 Å². The van der Waals surface area contributed by atoms with E-state index in [0.717, 1.165) is 5.56 Å². The zero-order valence-corrected chi connectivity index (χ0v) is 13.9. The Bertz CT molecular complexity index is 703. The Balaban J connectivity index is 1.94. The number of nitrogens with zero attached hydrogens (tertiary/aromatic N) is 1. The van der Waals surface area contributed by atoms with Gasteiger partial charge in [0.15, 0.2) is 5.13 Å². The minimum atomic E-state index is -0.376. The third-order valence-electron chi connectivity index (χ3n) is 2.70. The number of carbonyl (C=O) groups excluding carboxylic acids is 2. The first-order valence-corrected chi connectivity index (χ1v) is 7.86. The lowest BCUT2D eigenvalue weighted by atomic mass is 10.1. The number of nitrogens with one attached hydrogen (secondary N) is 1. The van der Waals surface area contributed by atoms with Gasteiger partial charge in [-0.05, 0) is 17.7 Å². The van der Waals surface area contributed by atoms with Gasteiger partial charge < -0.3 is 10.1 Å². The normalized spacial score (nSPS) is 10.3. The maximum atomic E-state index is 12.0. The molecule has 1 heterocycles. The zero-order chi connectivity index (χ0) is 16.1. The molecular weight excluding hydrogens is 347 g/mol. The molecule has 5 nitrogen and oxygen atoms in total. The molecule has 22 heavy (non-hydrogen) atoms. The quantitative estimate of drug-likeness (QED) is 0.832. The number of hydrogen-bond acceptors (Lipinski definition) is 5. The Morgan fingerprint density at radius 2 is 2.05 bits per heavy atom. The van der Waals surface area contributed by atoms with Gasteiger partial charge in [-0.15, -0.1) is 11.3 Å². The van der Waals surface area contributed by atoms with E-state index < -0.39 is 0 Å². The first-order chi connectivity index (χ1) is 10.5. The van der Waals surface area contributed by atoms with Crippen LogP contribution < -0.4 is 5.32 Å². The van der Waals surface area contributed by atoms with E-state index in [1.807, 2.05) is 0 Å². The molecule has 0 radical (unpaired) electrons. The van der Waals surface area contributed by atoms with Gasteiger partial charge in [0.1, 0.15) is 0 Å². The van der Waals surface area contributed by atoms with Crippen molar-refractivity contribution >= 4 is 51.5 Å². The predicted octanol–water partition coefficient (Wildman–Crippen LogP) is 3.35. The maximum absolute atomic E-state index is 12.0. The van der Waals surface area contributed by atoms with Crippen molar-refractivity contribution in [2.75, 3.05) is 12.4 Å². The monoisotopic (exact) mass is 358 g/mol. The van der Waals surface area contributed by atoms with E-state index in [0.29, 0.717) is 20.9 Å². The third kappa shape index (κ3) is 4.69.